The quantitative estimate of drug-likeness (QED) is 0.794. The number of carbonyl (C=O) groups excluding carboxylic acids is 1. The molecule has 2 rings (SSSR count). The molecule has 0 radical (unpaired) electrons. The number of aromatic amines is 1. The van der Waals surface area contributed by atoms with Crippen molar-refractivity contribution in [3.63, 3.8) is 0 Å². The van der Waals surface area contributed by atoms with Gasteiger partial charge in [-0.15, -0.1) is 0 Å². The molecule has 1 aliphatic rings. The number of H-pyrrole nitrogens is 1. The van der Waals surface area contributed by atoms with Crippen molar-refractivity contribution in [2.24, 2.45) is 0 Å². The third-order valence-corrected chi connectivity index (χ3v) is 5.53. The van der Waals surface area contributed by atoms with Gasteiger partial charge in [0.05, 0.1) is 6.20 Å². The molecule has 0 aromatic carbocycles. The van der Waals surface area contributed by atoms with E-state index in [1.165, 1.54) is 18.4 Å². The van der Waals surface area contributed by atoms with Crippen molar-refractivity contribution in [3.05, 3.63) is 17.5 Å². The topological polar surface area (TPSA) is 61.0 Å². The number of aryl methyl sites for hydroxylation is 2. The Bertz CT molecular complexity index is 462. The molecule has 1 aliphatic carbocycles. The van der Waals surface area contributed by atoms with E-state index in [1.807, 2.05) is 36.8 Å². The molecule has 1 aromatic heterocycles. The summed E-state index contributed by atoms with van der Waals surface area (Å²) in [7, 11) is 1.93. The lowest BCUT2D eigenvalue weighted by Crippen LogP contribution is -2.46. The molecule has 2 N–H and O–H groups in total. The first-order valence-electron chi connectivity index (χ1n) is 7.65. The monoisotopic (exact) mass is 310 g/mol. The first kappa shape index (κ1) is 16.2. The molecule has 1 aromatic rings. The molecule has 0 aliphatic heterocycles. The van der Waals surface area contributed by atoms with Crippen LogP contribution in [0.1, 0.15) is 36.9 Å². The van der Waals surface area contributed by atoms with Crippen LogP contribution in [-0.2, 0) is 6.42 Å². The van der Waals surface area contributed by atoms with Gasteiger partial charge in [-0.2, -0.15) is 16.9 Å². The lowest BCUT2D eigenvalue weighted by molar-refractivity contribution is 0.192. The number of urea groups is 1. The third-order valence-electron chi connectivity index (χ3n) is 4.37. The average molecular weight is 310 g/mol. The zero-order valence-electron chi connectivity index (χ0n) is 13.2. The Morgan fingerprint density at radius 3 is 3.05 bits per heavy atom. The van der Waals surface area contributed by atoms with E-state index >= 15 is 0 Å². The summed E-state index contributed by atoms with van der Waals surface area (Å²) in [6, 6.07) is 0.445. The highest BCUT2D eigenvalue weighted by molar-refractivity contribution is 7.99. The van der Waals surface area contributed by atoms with Crippen molar-refractivity contribution in [2.45, 2.75) is 50.3 Å². The predicted octanol–water partition coefficient (Wildman–Crippen LogP) is 2.58. The smallest absolute Gasteiger partial charge is 0.317 e. The largest absolute Gasteiger partial charge is 0.338 e. The maximum Gasteiger partial charge on any atom is 0.317 e. The van der Waals surface area contributed by atoms with Crippen molar-refractivity contribution >= 4 is 17.8 Å². The Morgan fingerprint density at radius 1 is 1.57 bits per heavy atom. The Kier molecular flexibility index (Phi) is 5.96. The maximum absolute atomic E-state index is 12.2. The van der Waals surface area contributed by atoms with E-state index in [0.29, 0.717) is 17.8 Å². The number of thioether (sulfide) groups is 1. The SMILES string of the molecule is CS[C@@H]1CCC[C@H]1N(C)C(=O)NCCCc1cn[nH]c1C. The normalized spacial score (nSPS) is 21.5. The third kappa shape index (κ3) is 4.15. The van der Waals surface area contributed by atoms with E-state index in [9.17, 15) is 4.79 Å². The van der Waals surface area contributed by atoms with E-state index in [4.69, 9.17) is 0 Å². The molecule has 0 bridgehead atoms. The maximum atomic E-state index is 12.2. The second-order valence-corrected chi connectivity index (χ2v) is 6.82. The van der Waals surface area contributed by atoms with Gasteiger partial charge >= 0.3 is 6.03 Å². The van der Waals surface area contributed by atoms with Crippen molar-refractivity contribution in [1.29, 1.82) is 0 Å². The number of carbonyl (C=O) groups is 1. The molecule has 21 heavy (non-hydrogen) atoms. The van der Waals surface area contributed by atoms with Gasteiger partial charge in [0.1, 0.15) is 0 Å². The Labute approximate surface area is 131 Å². The Morgan fingerprint density at radius 2 is 2.38 bits per heavy atom. The van der Waals surface area contributed by atoms with E-state index in [-0.39, 0.29) is 6.03 Å². The molecule has 5 nitrogen and oxygen atoms in total. The number of rotatable bonds is 6. The number of nitrogens with zero attached hydrogens (tertiary/aromatic N) is 2. The second kappa shape index (κ2) is 7.73. The summed E-state index contributed by atoms with van der Waals surface area (Å²) in [5, 5.41) is 10.6. The number of nitrogens with one attached hydrogen (secondary N) is 2. The van der Waals surface area contributed by atoms with Crippen molar-refractivity contribution in [2.75, 3.05) is 19.8 Å². The predicted molar refractivity (Wildman–Crippen MR) is 87.7 cm³/mol. The number of hydrogen-bond donors (Lipinski definition) is 2. The number of aromatic nitrogens is 2. The van der Waals surface area contributed by atoms with Crippen LogP contribution in [0.4, 0.5) is 4.79 Å². The van der Waals surface area contributed by atoms with Crippen LogP contribution in [-0.4, -0.2) is 52.3 Å². The molecule has 118 valence electrons. The molecule has 2 amide bonds. The van der Waals surface area contributed by atoms with Gasteiger partial charge < -0.3 is 10.2 Å². The van der Waals surface area contributed by atoms with Crippen LogP contribution >= 0.6 is 11.8 Å². The van der Waals surface area contributed by atoms with Crippen LogP contribution in [0.2, 0.25) is 0 Å². The Balaban J connectivity index is 1.70. The molecular formula is C15H26N4OS. The van der Waals surface area contributed by atoms with Gasteiger partial charge in [-0.1, -0.05) is 6.42 Å². The van der Waals surface area contributed by atoms with Gasteiger partial charge in [0.15, 0.2) is 0 Å². The summed E-state index contributed by atoms with van der Waals surface area (Å²) in [4.78, 5) is 14.1. The van der Waals surface area contributed by atoms with Gasteiger partial charge in [-0.3, -0.25) is 5.10 Å². The summed E-state index contributed by atoms with van der Waals surface area (Å²) in [5.41, 5.74) is 2.35. The van der Waals surface area contributed by atoms with Crippen LogP contribution in [0.5, 0.6) is 0 Å². The molecule has 0 saturated heterocycles. The van der Waals surface area contributed by atoms with Gasteiger partial charge in [-0.05, 0) is 44.4 Å². The van der Waals surface area contributed by atoms with E-state index in [1.54, 1.807) is 0 Å². The summed E-state index contributed by atoms with van der Waals surface area (Å²) < 4.78 is 0. The fourth-order valence-electron chi connectivity index (χ4n) is 3.00. The van der Waals surface area contributed by atoms with Gasteiger partial charge in [0, 0.05) is 30.6 Å². The molecule has 1 fully saturated rings. The molecule has 2 atom stereocenters. The molecular weight excluding hydrogens is 284 g/mol. The van der Waals surface area contributed by atoms with Gasteiger partial charge in [0.2, 0.25) is 0 Å². The minimum absolute atomic E-state index is 0.0601. The van der Waals surface area contributed by atoms with Crippen LogP contribution in [0.3, 0.4) is 0 Å². The van der Waals surface area contributed by atoms with Crippen molar-refractivity contribution < 1.29 is 4.79 Å². The first-order chi connectivity index (χ1) is 10.1. The lowest BCUT2D eigenvalue weighted by Gasteiger charge is -2.29. The minimum atomic E-state index is 0.0601. The minimum Gasteiger partial charge on any atom is -0.338 e. The average Bonchev–Trinajstić information content (AvgIpc) is 3.11. The number of hydrogen-bond acceptors (Lipinski definition) is 3. The van der Waals surface area contributed by atoms with E-state index < -0.39 is 0 Å². The fraction of sp³-hybridized carbons (Fsp3) is 0.733. The van der Waals surface area contributed by atoms with Gasteiger partial charge in [0.25, 0.3) is 0 Å². The van der Waals surface area contributed by atoms with Crippen LogP contribution in [0, 0.1) is 6.92 Å². The number of amides is 2. The van der Waals surface area contributed by atoms with E-state index in [2.05, 4.69) is 21.8 Å². The zero-order valence-corrected chi connectivity index (χ0v) is 14.0. The summed E-state index contributed by atoms with van der Waals surface area (Å²) in [6.45, 7) is 2.74. The molecule has 1 saturated carbocycles. The summed E-state index contributed by atoms with van der Waals surface area (Å²) in [5.74, 6) is 0. The zero-order chi connectivity index (χ0) is 15.2. The highest BCUT2D eigenvalue weighted by Gasteiger charge is 2.31. The summed E-state index contributed by atoms with van der Waals surface area (Å²) >= 11 is 1.88. The molecule has 0 spiro atoms. The lowest BCUT2D eigenvalue weighted by atomic mass is 10.1. The molecule has 1 heterocycles. The van der Waals surface area contributed by atoms with E-state index in [0.717, 1.165) is 25.0 Å². The van der Waals surface area contributed by atoms with Crippen molar-refractivity contribution in [1.82, 2.24) is 20.4 Å². The fourth-order valence-corrected chi connectivity index (χ4v) is 4.04. The standard InChI is InChI=1S/C15H26N4OS/c1-11-12(10-17-18-11)6-5-9-16-15(20)19(2)13-7-4-8-14(13)21-3/h10,13-14H,4-9H2,1-3H3,(H,16,20)(H,17,18)/t13-,14-/m1/s1. The van der Waals surface area contributed by atoms with Crippen molar-refractivity contribution in [3.8, 4) is 0 Å². The Hall–Kier alpha value is -1.17. The van der Waals surface area contributed by atoms with Crippen LogP contribution < -0.4 is 5.32 Å². The summed E-state index contributed by atoms with van der Waals surface area (Å²) in [6.07, 6.45) is 9.48. The highest BCUT2D eigenvalue weighted by atomic mass is 32.2. The van der Waals surface area contributed by atoms with Gasteiger partial charge in [-0.25, -0.2) is 4.79 Å². The van der Waals surface area contributed by atoms with Crippen LogP contribution in [0.15, 0.2) is 6.20 Å². The molecule has 6 heteroatoms. The molecule has 0 unspecified atom stereocenters. The highest BCUT2D eigenvalue weighted by Crippen LogP contribution is 2.31. The second-order valence-electron chi connectivity index (χ2n) is 5.74. The first-order valence-corrected chi connectivity index (χ1v) is 8.94. The van der Waals surface area contributed by atoms with Crippen LogP contribution in [0.25, 0.3) is 0 Å².